The lowest BCUT2D eigenvalue weighted by atomic mass is 10.00. The highest BCUT2D eigenvalue weighted by Crippen LogP contribution is 2.27. The second kappa shape index (κ2) is 8.17. The third-order valence-corrected chi connectivity index (χ3v) is 5.89. The third kappa shape index (κ3) is 4.11. The Morgan fingerprint density at radius 3 is 2.25 bits per heavy atom. The summed E-state index contributed by atoms with van der Waals surface area (Å²) < 4.78 is 0. The quantitative estimate of drug-likeness (QED) is 0.820. The van der Waals surface area contributed by atoms with Gasteiger partial charge in [0.2, 0.25) is 11.9 Å². The Kier molecular flexibility index (Phi) is 5.46. The number of anilines is 2. The summed E-state index contributed by atoms with van der Waals surface area (Å²) in [6.45, 7) is 9.09. The van der Waals surface area contributed by atoms with Crippen LogP contribution in [0.15, 0.2) is 36.4 Å². The number of carbonyl (C=O) groups excluding carboxylic acids is 1. The van der Waals surface area contributed by atoms with Crippen LogP contribution in [-0.2, 0) is 4.79 Å². The fraction of sp³-hybridized carbons (Fsp3) is 0.500. The molecule has 0 bridgehead atoms. The third-order valence-electron chi connectivity index (χ3n) is 5.89. The van der Waals surface area contributed by atoms with Crippen molar-refractivity contribution in [3.63, 3.8) is 0 Å². The van der Waals surface area contributed by atoms with Crippen LogP contribution in [0.25, 0.3) is 11.3 Å². The Balaban J connectivity index is 1.64. The van der Waals surface area contributed by atoms with Crippen molar-refractivity contribution in [2.24, 2.45) is 5.92 Å². The van der Waals surface area contributed by atoms with Gasteiger partial charge < -0.3 is 14.7 Å². The Morgan fingerprint density at radius 1 is 0.929 bits per heavy atom. The molecule has 148 valence electrons. The van der Waals surface area contributed by atoms with Gasteiger partial charge in [-0.1, -0.05) is 37.3 Å². The molecule has 6 heteroatoms. The van der Waals surface area contributed by atoms with Crippen molar-refractivity contribution in [1.82, 2.24) is 14.9 Å². The van der Waals surface area contributed by atoms with E-state index in [9.17, 15) is 4.79 Å². The molecule has 2 aliphatic heterocycles. The summed E-state index contributed by atoms with van der Waals surface area (Å²) in [5.74, 6) is 2.71. The van der Waals surface area contributed by atoms with E-state index in [1.807, 2.05) is 23.1 Å². The first-order valence-electron chi connectivity index (χ1n) is 10.3. The summed E-state index contributed by atoms with van der Waals surface area (Å²) in [7, 11) is 0. The van der Waals surface area contributed by atoms with E-state index in [2.05, 4.69) is 34.9 Å². The van der Waals surface area contributed by atoms with Gasteiger partial charge in [-0.2, -0.15) is 4.98 Å². The zero-order valence-corrected chi connectivity index (χ0v) is 16.8. The lowest BCUT2D eigenvalue weighted by molar-refractivity contribution is -0.129. The number of hydrogen-bond donors (Lipinski definition) is 0. The molecule has 1 aromatic heterocycles. The highest BCUT2D eigenvalue weighted by molar-refractivity contribution is 5.73. The summed E-state index contributed by atoms with van der Waals surface area (Å²) in [5.41, 5.74) is 2.08. The van der Waals surface area contributed by atoms with Gasteiger partial charge in [0.1, 0.15) is 5.82 Å². The molecule has 0 unspecified atom stereocenters. The number of piperidine rings is 1. The molecule has 0 spiro atoms. The number of amides is 1. The van der Waals surface area contributed by atoms with Crippen LogP contribution in [0.3, 0.4) is 0 Å². The van der Waals surface area contributed by atoms with Gasteiger partial charge in [0.05, 0.1) is 5.69 Å². The topological polar surface area (TPSA) is 52.6 Å². The van der Waals surface area contributed by atoms with E-state index in [4.69, 9.17) is 9.97 Å². The molecule has 1 amide bonds. The monoisotopic (exact) mass is 379 g/mol. The Hall–Kier alpha value is -2.63. The smallest absolute Gasteiger partial charge is 0.227 e. The largest absolute Gasteiger partial charge is 0.353 e. The predicted octanol–water partition coefficient (Wildman–Crippen LogP) is 3.05. The van der Waals surface area contributed by atoms with Crippen molar-refractivity contribution >= 4 is 17.7 Å². The fourth-order valence-electron chi connectivity index (χ4n) is 3.94. The molecular weight excluding hydrogens is 350 g/mol. The first-order chi connectivity index (χ1) is 13.6. The van der Waals surface area contributed by atoms with Crippen LogP contribution in [0.5, 0.6) is 0 Å². The Morgan fingerprint density at radius 2 is 1.61 bits per heavy atom. The molecule has 0 atom stereocenters. The van der Waals surface area contributed by atoms with Crippen molar-refractivity contribution in [3.8, 4) is 11.3 Å². The zero-order chi connectivity index (χ0) is 19.5. The maximum absolute atomic E-state index is 11.6. The van der Waals surface area contributed by atoms with Gasteiger partial charge in [0, 0.05) is 57.8 Å². The van der Waals surface area contributed by atoms with Gasteiger partial charge in [0.25, 0.3) is 0 Å². The summed E-state index contributed by atoms with van der Waals surface area (Å²) in [6, 6.07) is 12.4. The number of rotatable bonds is 3. The van der Waals surface area contributed by atoms with E-state index in [1.165, 1.54) is 12.8 Å². The van der Waals surface area contributed by atoms with E-state index < -0.39 is 0 Å². The summed E-state index contributed by atoms with van der Waals surface area (Å²) >= 11 is 0. The highest BCUT2D eigenvalue weighted by Gasteiger charge is 2.23. The molecule has 2 aromatic rings. The summed E-state index contributed by atoms with van der Waals surface area (Å²) in [5, 5.41) is 0. The van der Waals surface area contributed by atoms with Gasteiger partial charge in [-0.05, 0) is 18.8 Å². The molecule has 0 radical (unpaired) electrons. The van der Waals surface area contributed by atoms with Crippen LogP contribution in [0.2, 0.25) is 0 Å². The minimum absolute atomic E-state index is 0.149. The van der Waals surface area contributed by atoms with E-state index in [-0.39, 0.29) is 5.91 Å². The molecule has 2 fully saturated rings. The van der Waals surface area contributed by atoms with Crippen LogP contribution in [0, 0.1) is 5.92 Å². The van der Waals surface area contributed by atoms with Gasteiger partial charge in [-0.25, -0.2) is 4.98 Å². The SMILES string of the molecule is CC(=O)N1CCN(c2cc(-c3ccccc3)nc(N3CCC(C)CC3)n2)CC1. The number of carbonyl (C=O) groups is 1. The van der Waals surface area contributed by atoms with Crippen molar-refractivity contribution in [1.29, 1.82) is 0 Å². The molecule has 1 aromatic carbocycles. The van der Waals surface area contributed by atoms with Crippen LogP contribution in [-0.4, -0.2) is 60.0 Å². The number of piperazine rings is 1. The van der Waals surface area contributed by atoms with Crippen molar-refractivity contribution in [2.75, 3.05) is 49.1 Å². The van der Waals surface area contributed by atoms with Gasteiger partial charge in [-0.15, -0.1) is 0 Å². The maximum Gasteiger partial charge on any atom is 0.227 e. The second-order valence-corrected chi connectivity index (χ2v) is 7.94. The van der Waals surface area contributed by atoms with E-state index in [0.29, 0.717) is 0 Å². The normalized spacial score (nSPS) is 18.4. The fourth-order valence-corrected chi connectivity index (χ4v) is 3.94. The molecule has 0 aliphatic carbocycles. The number of nitrogens with zero attached hydrogens (tertiary/aromatic N) is 5. The maximum atomic E-state index is 11.6. The van der Waals surface area contributed by atoms with E-state index in [0.717, 1.165) is 68.2 Å². The molecule has 2 saturated heterocycles. The minimum atomic E-state index is 0.149. The average molecular weight is 380 g/mol. The van der Waals surface area contributed by atoms with Gasteiger partial charge >= 0.3 is 0 Å². The summed E-state index contributed by atoms with van der Waals surface area (Å²) in [4.78, 5) is 28.0. The Bertz CT molecular complexity index is 809. The minimum Gasteiger partial charge on any atom is -0.353 e. The number of benzene rings is 1. The van der Waals surface area contributed by atoms with Crippen molar-refractivity contribution in [2.45, 2.75) is 26.7 Å². The Labute approximate surface area is 167 Å². The molecule has 3 heterocycles. The van der Waals surface area contributed by atoms with Crippen LogP contribution in [0.1, 0.15) is 26.7 Å². The lowest BCUT2D eigenvalue weighted by Gasteiger charge is -2.36. The van der Waals surface area contributed by atoms with E-state index in [1.54, 1.807) is 6.92 Å². The van der Waals surface area contributed by atoms with Crippen molar-refractivity contribution in [3.05, 3.63) is 36.4 Å². The molecule has 6 nitrogen and oxygen atoms in total. The number of hydrogen-bond acceptors (Lipinski definition) is 5. The lowest BCUT2D eigenvalue weighted by Crippen LogP contribution is -2.48. The van der Waals surface area contributed by atoms with Crippen LogP contribution < -0.4 is 9.80 Å². The molecule has 0 N–H and O–H groups in total. The van der Waals surface area contributed by atoms with Crippen LogP contribution in [0.4, 0.5) is 11.8 Å². The molecule has 2 aliphatic rings. The number of aromatic nitrogens is 2. The average Bonchev–Trinajstić information content (AvgIpc) is 2.74. The van der Waals surface area contributed by atoms with Crippen molar-refractivity contribution < 1.29 is 4.79 Å². The second-order valence-electron chi connectivity index (χ2n) is 7.94. The summed E-state index contributed by atoms with van der Waals surface area (Å²) in [6.07, 6.45) is 2.37. The van der Waals surface area contributed by atoms with Gasteiger partial charge in [-0.3, -0.25) is 4.79 Å². The van der Waals surface area contributed by atoms with Crippen LogP contribution >= 0.6 is 0 Å². The molecule has 28 heavy (non-hydrogen) atoms. The predicted molar refractivity (Wildman–Crippen MR) is 113 cm³/mol. The van der Waals surface area contributed by atoms with E-state index >= 15 is 0 Å². The standard InChI is InChI=1S/C22H29N5O/c1-17-8-10-27(11-9-17)22-23-20(19-6-4-3-5-7-19)16-21(24-22)26-14-12-25(13-15-26)18(2)28/h3-7,16-17H,8-15H2,1-2H3. The molecular formula is C22H29N5O. The van der Waals surface area contributed by atoms with Gasteiger partial charge in [0.15, 0.2) is 0 Å². The molecule has 0 saturated carbocycles. The first kappa shape index (κ1) is 18.7. The first-order valence-corrected chi connectivity index (χ1v) is 10.3. The zero-order valence-electron chi connectivity index (χ0n) is 16.8. The molecule has 4 rings (SSSR count). The highest BCUT2D eigenvalue weighted by atomic mass is 16.2.